The van der Waals surface area contributed by atoms with Crippen LogP contribution in [0.3, 0.4) is 0 Å². The summed E-state index contributed by atoms with van der Waals surface area (Å²) in [6.07, 6.45) is 0.216. The van der Waals surface area contributed by atoms with E-state index in [0.717, 1.165) is 4.31 Å². The Morgan fingerprint density at radius 3 is 2.38 bits per heavy atom. The third-order valence-corrected chi connectivity index (χ3v) is 6.31. The van der Waals surface area contributed by atoms with Gasteiger partial charge >= 0.3 is 5.97 Å². The molecule has 0 spiro atoms. The molecule has 1 unspecified atom stereocenters. The highest BCUT2D eigenvalue weighted by atomic mass is 32.2. The van der Waals surface area contributed by atoms with E-state index in [1.54, 1.807) is 26.8 Å². The summed E-state index contributed by atoms with van der Waals surface area (Å²) in [6.45, 7) is 4.91. The van der Waals surface area contributed by atoms with Gasteiger partial charge in [-0.3, -0.25) is 10.2 Å². The minimum atomic E-state index is -4.09. The summed E-state index contributed by atoms with van der Waals surface area (Å²) < 4.78 is 32.2. The predicted octanol–water partition coefficient (Wildman–Crippen LogP) is 0.697. The van der Waals surface area contributed by atoms with Crippen LogP contribution in [0.4, 0.5) is 0 Å². The van der Waals surface area contributed by atoms with Crippen LogP contribution < -0.4 is 16.2 Å². The number of methoxy groups -OCH3 is 1. The Labute approximate surface area is 153 Å². The van der Waals surface area contributed by atoms with Crippen LogP contribution in [0.1, 0.15) is 29.5 Å². The van der Waals surface area contributed by atoms with Crippen LogP contribution in [0, 0.1) is 26.2 Å². The van der Waals surface area contributed by atoms with Gasteiger partial charge in [-0.05, 0) is 56.4 Å². The van der Waals surface area contributed by atoms with E-state index in [1.807, 2.05) is 0 Å². The normalized spacial score (nSPS) is 12.5. The first-order valence-electron chi connectivity index (χ1n) is 7.95. The van der Waals surface area contributed by atoms with Crippen molar-refractivity contribution in [2.24, 2.45) is 11.5 Å². The van der Waals surface area contributed by atoms with E-state index in [0.29, 0.717) is 22.4 Å². The van der Waals surface area contributed by atoms with Gasteiger partial charge in [0.2, 0.25) is 5.96 Å². The molecule has 146 valence electrons. The zero-order valence-electron chi connectivity index (χ0n) is 15.4. The molecular weight excluding hydrogens is 360 g/mol. The molecule has 9 nitrogen and oxygen atoms in total. The zero-order chi connectivity index (χ0) is 20.2. The number of carboxylic acid groups (broad SMARTS) is 1. The number of aryl methyl sites for hydroxylation is 1. The number of hydrogen-bond acceptors (Lipinski definition) is 6. The molecule has 0 radical (unpaired) electrons. The van der Waals surface area contributed by atoms with Crippen LogP contribution in [-0.4, -0.2) is 49.5 Å². The minimum Gasteiger partial charge on any atom is -0.496 e. The van der Waals surface area contributed by atoms with E-state index in [9.17, 15) is 13.2 Å². The number of carboxylic acids is 1. The topological polar surface area (TPSA) is 160 Å². The summed E-state index contributed by atoms with van der Waals surface area (Å²) in [6, 6.07) is 0.520. The van der Waals surface area contributed by atoms with Crippen LogP contribution in [-0.2, 0) is 14.8 Å². The Hall–Kier alpha value is -2.33. The van der Waals surface area contributed by atoms with Gasteiger partial charge in [-0.2, -0.15) is 0 Å². The average Bonchev–Trinajstić information content (AvgIpc) is 2.53. The molecule has 10 heteroatoms. The summed E-state index contributed by atoms with van der Waals surface area (Å²) in [5, 5.41) is 16.5. The van der Waals surface area contributed by atoms with Crippen LogP contribution in [0.2, 0.25) is 0 Å². The van der Waals surface area contributed by atoms with Gasteiger partial charge in [-0.1, -0.05) is 0 Å². The lowest BCUT2D eigenvalue weighted by Gasteiger charge is -2.25. The Bertz CT molecular complexity index is 807. The van der Waals surface area contributed by atoms with Crippen molar-refractivity contribution in [2.75, 3.05) is 13.7 Å². The fourth-order valence-electron chi connectivity index (χ4n) is 2.69. The SMILES string of the molecule is COc1cc(C)c(S(=O)(=O)N(CCCC(N)C(=O)O)C(=N)N)c(C)c1C. The molecule has 0 aliphatic heterocycles. The van der Waals surface area contributed by atoms with Gasteiger partial charge in [-0.15, -0.1) is 0 Å². The summed E-state index contributed by atoms with van der Waals surface area (Å²) in [4.78, 5) is 10.8. The number of benzene rings is 1. The monoisotopic (exact) mass is 386 g/mol. The highest BCUT2D eigenvalue weighted by molar-refractivity contribution is 7.89. The second kappa shape index (κ2) is 8.37. The smallest absolute Gasteiger partial charge is 0.320 e. The van der Waals surface area contributed by atoms with E-state index in [-0.39, 0.29) is 24.3 Å². The van der Waals surface area contributed by atoms with Crippen molar-refractivity contribution in [1.29, 1.82) is 5.41 Å². The number of nitrogens with zero attached hydrogens (tertiary/aromatic N) is 1. The summed E-state index contributed by atoms with van der Waals surface area (Å²) >= 11 is 0. The maximum atomic E-state index is 13.1. The molecule has 1 aromatic rings. The zero-order valence-corrected chi connectivity index (χ0v) is 16.2. The van der Waals surface area contributed by atoms with E-state index in [4.69, 9.17) is 26.7 Å². The van der Waals surface area contributed by atoms with Crippen molar-refractivity contribution >= 4 is 22.0 Å². The third-order valence-electron chi connectivity index (χ3n) is 4.21. The van der Waals surface area contributed by atoms with Gasteiger partial charge in [0.05, 0.1) is 12.0 Å². The lowest BCUT2D eigenvalue weighted by Crippen LogP contribution is -2.43. The van der Waals surface area contributed by atoms with Gasteiger partial charge < -0.3 is 21.3 Å². The van der Waals surface area contributed by atoms with Crippen molar-refractivity contribution < 1.29 is 23.1 Å². The highest BCUT2D eigenvalue weighted by Gasteiger charge is 2.30. The quantitative estimate of drug-likeness (QED) is 0.378. The van der Waals surface area contributed by atoms with Gasteiger partial charge in [0.25, 0.3) is 10.0 Å². The van der Waals surface area contributed by atoms with Crippen molar-refractivity contribution in [3.63, 3.8) is 0 Å². The number of ether oxygens (including phenoxy) is 1. The average molecular weight is 386 g/mol. The van der Waals surface area contributed by atoms with Crippen molar-refractivity contribution in [3.05, 3.63) is 22.8 Å². The maximum Gasteiger partial charge on any atom is 0.320 e. The molecule has 1 atom stereocenters. The highest BCUT2D eigenvalue weighted by Crippen LogP contribution is 2.32. The summed E-state index contributed by atoms with van der Waals surface area (Å²) in [5.41, 5.74) is 12.6. The lowest BCUT2D eigenvalue weighted by atomic mass is 10.1. The number of carbonyl (C=O) groups is 1. The summed E-state index contributed by atoms with van der Waals surface area (Å²) in [5.74, 6) is -1.23. The van der Waals surface area contributed by atoms with E-state index >= 15 is 0 Å². The third kappa shape index (κ3) is 4.44. The fourth-order valence-corrected chi connectivity index (χ4v) is 4.54. The number of hydrogen-bond donors (Lipinski definition) is 4. The van der Waals surface area contributed by atoms with Crippen LogP contribution in [0.15, 0.2) is 11.0 Å². The second-order valence-electron chi connectivity index (χ2n) is 6.02. The van der Waals surface area contributed by atoms with Crippen molar-refractivity contribution in [1.82, 2.24) is 4.31 Å². The molecule has 0 amide bonds. The molecule has 0 aliphatic carbocycles. The first-order valence-corrected chi connectivity index (χ1v) is 9.39. The Kier molecular flexibility index (Phi) is 6.99. The maximum absolute atomic E-state index is 13.1. The van der Waals surface area contributed by atoms with Gasteiger partial charge in [-0.25, -0.2) is 12.7 Å². The van der Waals surface area contributed by atoms with E-state index < -0.39 is 28.0 Å². The molecule has 0 aromatic heterocycles. The number of nitrogens with one attached hydrogen (secondary N) is 1. The van der Waals surface area contributed by atoms with Crippen LogP contribution in [0.25, 0.3) is 0 Å². The first kappa shape index (κ1) is 21.7. The van der Waals surface area contributed by atoms with Crippen molar-refractivity contribution in [2.45, 2.75) is 44.6 Å². The molecule has 1 aromatic carbocycles. The lowest BCUT2D eigenvalue weighted by molar-refractivity contribution is -0.138. The first-order chi connectivity index (χ1) is 11.9. The Morgan fingerprint density at radius 1 is 1.35 bits per heavy atom. The van der Waals surface area contributed by atoms with Gasteiger partial charge in [0.15, 0.2) is 0 Å². The molecular formula is C16H26N4O5S. The molecule has 0 saturated carbocycles. The molecule has 26 heavy (non-hydrogen) atoms. The molecule has 0 heterocycles. The summed E-state index contributed by atoms with van der Waals surface area (Å²) in [7, 11) is -2.58. The van der Waals surface area contributed by atoms with E-state index in [1.165, 1.54) is 7.11 Å². The standard InChI is InChI=1S/C16H26N4O5S/c1-9-8-13(25-4)10(2)11(3)14(9)26(23,24)20(16(18)19)7-5-6-12(17)15(21)22/h8,12H,5-7,17H2,1-4H3,(H3,18,19)(H,21,22). The molecule has 0 fully saturated rings. The number of sulfonamides is 1. The molecule has 0 bridgehead atoms. The number of nitrogens with two attached hydrogens (primary N) is 2. The fraction of sp³-hybridized carbons (Fsp3) is 0.500. The van der Waals surface area contributed by atoms with Crippen molar-refractivity contribution in [3.8, 4) is 5.75 Å². The minimum absolute atomic E-state index is 0.0635. The van der Waals surface area contributed by atoms with Crippen LogP contribution in [0.5, 0.6) is 5.75 Å². The number of aliphatic carboxylic acids is 1. The van der Waals surface area contributed by atoms with Gasteiger partial charge in [0.1, 0.15) is 11.8 Å². The largest absolute Gasteiger partial charge is 0.496 e. The Morgan fingerprint density at radius 2 is 1.92 bits per heavy atom. The number of rotatable bonds is 8. The van der Waals surface area contributed by atoms with Gasteiger partial charge in [0, 0.05) is 6.54 Å². The molecule has 6 N–H and O–H groups in total. The Balaban J connectivity index is 3.26. The molecule has 1 rings (SSSR count). The molecule has 0 saturated heterocycles. The van der Waals surface area contributed by atoms with E-state index in [2.05, 4.69) is 0 Å². The number of guanidine groups is 1. The molecule has 0 aliphatic rings. The predicted molar refractivity (Wildman–Crippen MR) is 97.9 cm³/mol. The second-order valence-corrected chi connectivity index (χ2v) is 7.82. The van der Waals surface area contributed by atoms with Crippen LogP contribution >= 0.6 is 0 Å².